The van der Waals surface area contributed by atoms with E-state index in [4.69, 9.17) is 10.00 Å². The number of amides is 1. The molecule has 1 aliphatic heterocycles. The Morgan fingerprint density at radius 1 is 1.15 bits per heavy atom. The Labute approximate surface area is 195 Å². The van der Waals surface area contributed by atoms with Gasteiger partial charge in [0, 0.05) is 43.6 Å². The van der Waals surface area contributed by atoms with Crippen LogP contribution in [0.2, 0.25) is 0 Å². The van der Waals surface area contributed by atoms with Crippen molar-refractivity contribution in [3.8, 4) is 6.07 Å². The Balaban J connectivity index is 1.28. The van der Waals surface area contributed by atoms with Crippen molar-refractivity contribution in [2.45, 2.75) is 70.6 Å². The van der Waals surface area contributed by atoms with Crippen LogP contribution in [0.3, 0.4) is 0 Å². The summed E-state index contributed by atoms with van der Waals surface area (Å²) in [7, 11) is 0. The lowest BCUT2D eigenvalue weighted by Gasteiger charge is -2.42. The molecule has 4 rings (SSSR count). The average molecular weight is 451 g/mol. The Morgan fingerprint density at radius 2 is 1.88 bits per heavy atom. The van der Waals surface area contributed by atoms with Gasteiger partial charge in [-0.05, 0) is 64.2 Å². The van der Waals surface area contributed by atoms with E-state index >= 15 is 0 Å². The lowest BCUT2D eigenvalue weighted by Crippen LogP contribution is -2.53. The molecule has 1 saturated heterocycles. The zero-order chi connectivity index (χ0) is 23.4. The number of hydrogen-bond acceptors (Lipinski definition) is 7. The fourth-order valence-corrected chi connectivity index (χ4v) is 4.79. The molecule has 33 heavy (non-hydrogen) atoms. The Bertz CT molecular complexity index is 1010. The smallest absolute Gasteiger partial charge is 0.410 e. The molecule has 0 spiro atoms. The van der Waals surface area contributed by atoms with Gasteiger partial charge in [0.05, 0.1) is 18.0 Å². The summed E-state index contributed by atoms with van der Waals surface area (Å²) in [5, 5.41) is 13.6. The summed E-state index contributed by atoms with van der Waals surface area (Å²) in [6.07, 6.45) is 6.24. The molecule has 1 aliphatic carbocycles. The number of nitrogens with one attached hydrogen (secondary N) is 1. The zero-order valence-corrected chi connectivity index (χ0v) is 19.9. The van der Waals surface area contributed by atoms with Crippen molar-refractivity contribution >= 4 is 22.8 Å². The fourth-order valence-electron chi connectivity index (χ4n) is 4.79. The summed E-state index contributed by atoms with van der Waals surface area (Å²) in [6.45, 7) is 8.99. The van der Waals surface area contributed by atoms with E-state index in [0.29, 0.717) is 18.5 Å². The van der Waals surface area contributed by atoms with E-state index in [0.717, 1.165) is 74.1 Å². The van der Waals surface area contributed by atoms with E-state index in [1.165, 1.54) is 0 Å². The zero-order valence-electron chi connectivity index (χ0n) is 19.9. The molecule has 1 amide bonds. The quantitative estimate of drug-likeness (QED) is 0.753. The number of nitriles is 1. The van der Waals surface area contributed by atoms with Crippen molar-refractivity contribution in [3.05, 3.63) is 30.1 Å². The predicted octanol–water partition coefficient (Wildman–Crippen LogP) is 3.97. The van der Waals surface area contributed by atoms with Gasteiger partial charge in [-0.2, -0.15) is 5.26 Å². The van der Waals surface area contributed by atoms with Crippen molar-refractivity contribution in [2.24, 2.45) is 0 Å². The van der Waals surface area contributed by atoms with Crippen LogP contribution in [0.15, 0.2) is 24.5 Å². The molecular formula is C25H34N6O2. The van der Waals surface area contributed by atoms with Crippen LogP contribution in [0.1, 0.15) is 52.0 Å². The van der Waals surface area contributed by atoms with Gasteiger partial charge in [-0.25, -0.2) is 14.8 Å². The maximum Gasteiger partial charge on any atom is 0.410 e. The van der Waals surface area contributed by atoms with Gasteiger partial charge < -0.3 is 15.0 Å². The number of carbonyl (C=O) groups excluding carboxylic acids is 1. The third kappa shape index (κ3) is 5.91. The van der Waals surface area contributed by atoms with Gasteiger partial charge in [0.15, 0.2) is 0 Å². The normalized spacial score (nSPS) is 22.1. The number of ether oxygens (including phenoxy) is 1. The van der Waals surface area contributed by atoms with Gasteiger partial charge >= 0.3 is 6.09 Å². The first-order chi connectivity index (χ1) is 15.8. The number of hydrogen-bond donors (Lipinski definition) is 1. The second kappa shape index (κ2) is 9.92. The van der Waals surface area contributed by atoms with Crippen molar-refractivity contribution in [1.82, 2.24) is 19.8 Å². The summed E-state index contributed by atoms with van der Waals surface area (Å²) < 4.78 is 5.51. The van der Waals surface area contributed by atoms with Crippen LogP contribution in [0.25, 0.3) is 10.9 Å². The molecular weight excluding hydrogens is 416 g/mol. The molecule has 0 unspecified atom stereocenters. The van der Waals surface area contributed by atoms with E-state index in [1.807, 2.05) is 43.9 Å². The molecule has 1 N–H and O–H groups in total. The topological polar surface area (TPSA) is 94.4 Å². The maximum absolute atomic E-state index is 12.3. The van der Waals surface area contributed by atoms with Gasteiger partial charge in [0.25, 0.3) is 0 Å². The third-order valence-corrected chi connectivity index (χ3v) is 6.50. The molecule has 176 valence electrons. The first-order valence-corrected chi connectivity index (χ1v) is 11.9. The first-order valence-electron chi connectivity index (χ1n) is 11.9. The first kappa shape index (κ1) is 23.2. The molecule has 2 fully saturated rings. The lowest BCUT2D eigenvalue weighted by atomic mass is 9.89. The molecule has 2 heterocycles. The van der Waals surface area contributed by atoms with Gasteiger partial charge in [-0.1, -0.05) is 6.07 Å². The van der Waals surface area contributed by atoms with Crippen LogP contribution in [0.4, 0.5) is 10.6 Å². The minimum absolute atomic E-state index is 0.202. The minimum Gasteiger partial charge on any atom is -0.444 e. The number of aromatic nitrogens is 2. The van der Waals surface area contributed by atoms with Crippen LogP contribution in [0, 0.1) is 11.3 Å². The Morgan fingerprint density at radius 3 is 2.55 bits per heavy atom. The van der Waals surface area contributed by atoms with Gasteiger partial charge in [0.1, 0.15) is 17.7 Å². The summed E-state index contributed by atoms with van der Waals surface area (Å²) in [5.41, 5.74) is 1.40. The third-order valence-electron chi connectivity index (χ3n) is 6.50. The van der Waals surface area contributed by atoms with Crippen LogP contribution >= 0.6 is 0 Å². The average Bonchev–Trinajstić information content (AvgIpc) is 2.79. The van der Waals surface area contributed by atoms with Crippen LogP contribution < -0.4 is 5.32 Å². The minimum atomic E-state index is -0.451. The summed E-state index contributed by atoms with van der Waals surface area (Å²) in [5.74, 6) is 0.873. The number of fused-ring (bicyclic) bond motifs is 1. The van der Waals surface area contributed by atoms with Crippen LogP contribution in [-0.2, 0) is 11.2 Å². The van der Waals surface area contributed by atoms with Crippen molar-refractivity contribution in [2.75, 3.05) is 31.5 Å². The number of piperazine rings is 1. The van der Waals surface area contributed by atoms with E-state index < -0.39 is 5.60 Å². The molecule has 0 radical (unpaired) electrons. The molecule has 1 saturated carbocycles. The largest absolute Gasteiger partial charge is 0.444 e. The molecule has 8 nitrogen and oxygen atoms in total. The second-order valence-electron chi connectivity index (χ2n) is 10.1. The monoisotopic (exact) mass is 450 g/mol. The highest BCUT2D eigenvalue weighted by molar-refractivity contribution is 5.89. The van der Waals surface area contributed by atoms with Crippen LogP contribution in [0.5, 0.6) is 0 Å². The molecule has 8 heteroatoms. The van der Waals surface area contributed by atoms with Gasteiger partial charge in [-0.3, -0.25) is 4.90 Å². The second-order valence-corrected chi connectivity index (χ2v) is 10.1. The highest BCUT2D eigenvalue weighted by Gasteiger charge is 2.31. The number of benzene rings is 1. The molecule has 1 aromatic carbocycles. The van der Waals surface area contributed by atoms with E-state index in [2.05, 4.69) is 26.3 Å². The van der Waals surface area contributed by atoms with Gasteiger partial charge in [0.2, 0.25) is 0 Å². The molecule has 2 aromatic rings. The number of rotatable bonds is 4. The molecule has 2 aliphatic rings. The summed E-state index contributed by atoms with van der Waals surface area (Å²) in [4.78, 5) is 25.5. The van der Waals surface area contributed by atoms with E-state index in [1.54, 1.807) is 6.33 Å². The van der Waals surface area contributed by atoms with Crippen LogP contribution in [-0.4, -0.2) is 69.7 Å². The SMILES string of the molecule is CC(C)(C)OC(=O)N1CCN(C2CCC(Nc3ncnc4cc(CC#N)ccc34)CC2)CC1. The standard InChI is InChI=1S/C25H34N6O2/c1-25(2,3)33-24(32)31-14-12-30(13-15-31)20-7-5-19(6-8-20)29-23-21-9-4-18(10-11-26)16-22(21)27-17-28-23/h4,9,16-17,19-20H,5-8,10,12-15H2,1-3H3,(H,27,28,29). The van der Waals surface area contributed by atoms with Crippen molar-refractivity contribution in [3.63, 3.8) is 0 Å². The van der Waals surface area contributed by atoms with E-state index in [-0.39, 0.29) is 6.09 Å². The van der Waals surface area contributed by atoms with E-state index in [9.17, 15) is 4.79 Å². The summed E-state index contributed by atoms with van der Waals surface area (Å²) in [6, 6.07) is 9.11. The maximum atomic E-state index is 12.3. The number of anilines is 1. The van der Waals surface area contributed by atoms with Crippen molar-refractivity contribution < 1.29 is 9.53 Å². The molecule has 0 bridgehead atoms. The molecule has 0 atom stereocenters. The number of nitrogens with zero attached hydrogens (tertiary/aromatic N) is 5. The highest BCUT2D eigenvalue weighted by atomic mass is 16.6. The highest BCUT2D eigenvalue weighted by Crippen LogP contribution is 2.28. The number of carbonyl (C=O) groups is 1. The lowest BCUT2D eigenvalue weighted by molar-refractivity contribution is 0.00806. The Kier molecular flexibility index (Phi) is 6.99. The molecule has 1 aromatic heterocycles. The van der Waals surface area contributed by atoms with Crippen molar-refractivity contribution in [1.29, 1.82) is 5.26 Å². The fraction of sp³-hybridized carbons (Fsp3) is 0.600. The summed E-state index contributed by atoms with van der Waals surface area (Å²) >= 11 is 0. The van der Waals surface area contributed by atoms with Gasteiger partial charge in [-0.15, -0.1) is 0 Å². The Hall–Kier alpha value is -2.92. The predicted molar refractivity (Wildman–Crippen MR) is 128 cm³/mol.